The van der Waals surface area contributed by atoms with Crippen molar-refractivity contribution in [1.82, 2.24) is 0 Å². The first-order valence-electron chi connectivity index (χ1n) is 13.0. The highest BCUT2D eigenvalue weighted by molar-refractivity contribution is 5.76. The van der Waals surface area contributed by atoms with Crippen LogP contribution in [0.3, 0.4) is 0 Å². The van der Waals surface area contributed by atoms with Crippen LogP contribution < -0.4 is 15.2 Å². The molecule has 4 atom stereocenters. The van der Waals surface area contributed by atoms with Gasteiger partial charge in [-0.15, -0.1) is 0 Å². The number of carbonyl (C=O) groups excluding carboxylic acids is 4. The molecule has 1 aromatic carbocycles. The molecule has 0 amide bonds. The van der Waals surface area contributed by atoms with E-state index in [-0.39, 0.29) is 42.7 Å². The molecule has 1 aromatic rings. The Balaban J connectivity index is 2.87. The lowest BCUT2D eigenvalue weighted by molar-refractivity contribution is -0.158. The average molecular weight is 540 g/mol. The van der Waals surface area contributed by atoms with Gasteiger partial charge >= 0.3 is 24.2 Å². The molecule has 0 saturated heterocycles. The van der Waals surface area contributed by atoms with E-state index in [1.807, 2.05) is 20.8 Å². The third-order valence-corrected chi connectivity index (χ3v) is 5.43. The number of rotatable bonds is 15. The van der Waals surface area contributed by atoms with Gasteiger partial charge < -0.3 is 34.2 Å². The molecule has 0 bridgehead atoms. The minimum absolute atomic E-state index is 0.0257. The normalized spacial score (nSPS) is 13.9. The Labute approximate surface area is 224 Å². The number of unbranched alkanes of at least 4 members (excludes halogenated alkanes) is 1. The number of nitrogens with two attached hydrogens (primary N) is 1. The maximum atomic E-state index is 12.4. The van der Waals surface area contributed by atoms with E-state index in [4.69, 9.17) is 34.2 Å². The molecule has 0 radical (unpaired) electrons. The van der Waals surface area contributed by atoms with Gasteiger partial charge in [0.15, 0.2) is 11.5 Å². The summed E-state index contributed by atoms with van der Waals surface area (Å²) in [5, 5.41) is 0. The summed E-state index contributed by atoms with van der Waals surface area (Å²) in [6.45, 7) is 10.6. The summed E-state index contributed by atoms with van der Waals surface area (Å²) >= 11 is 0. The van der Waals surface area contributed by atoms with Crippen LogP contribution in [0.2, 0.25) is 0 Å². The Morgan fingerprint density at radius 3 is 1.95 bits per heavy atom. The number of benzene rings is 1. The van der Waals surface area contributed by atoms with E-state index in [0.717, 1.165) is 12.8 Å². The zero-order valence-corrected chi connectivity index (χ0v) is 23.2. The molecule has 0 spiro atoms. The summed E-state index contributed by atoms with van der Waals surface area (Å²) < 4.78 is 31.1. The van der Waals surface area contributed by atoms with Crippen LogP contribution in [-0.4, -0.2) is 55.2 Å². The van der Waals surface area contributed by atoms with E-state index >= 15 is 0 Å². The number of esters is 2. The maximum absolute atomic E-state index is 12.4. The van der Waals surface area contributed by atoms with Gasteiger partial charge in [-0.3, -0.25) is 9.59 Å². The molecule has 2 N–H and O–H groups in total. The van der Waals surface area contributed by atoms with Gasteiger partial charge in [0.25, 0.3) is 0 Å². The molecule has 0 aromatic heterocycles. The van der Waals surface area contributed by atoms with Gasteiger partial charge in [0.2, 0.25) is 0 Å². The standard InChI is InChI=1S/C27H41NO10/c1-7-10-11-24(29)34-19(6)16-33-25(30)21(28)14-20-12-13-22(37-26(31)35-17(4)8-2)23(15-20)38-27(32)36-18(5)9-3/h12-13,15,17-19,21H,7-11,14,16,28H2,1-6H3/t17?,18?,19-,21-/m0/s1. The highest BCUT2D eigenvalue weighted by Crippen LogP contribution is 2.30. The minimum Gasteiger partial charge on any atom is -0.461 e. The molecule has 2 unspecified atom stereocenters. The van der Waals surface area contributed by atoms with Crippen molar-refractivity contribution >= 4 is 24.2 Å². The number of ether oxygens (including phenoxy) is 6. The Bertz CT molecular complexity index is 919. The van der Waals surface area contributed by atoms with Gasteiger partial charge in [-0.2, -0.15) is 0 Å². The van der Waals surface area contributed by atoms with Gasteiger partial charge in [0, 0.05) is 6.42 Å². The number of hydrogen-bond acceptors (Lipinski definition) is 11. The van der Waals surface area contributed by atoms with E-state index in [0.29, 0.717) is 24.8 Å². The van der Waals surface area contributed by atoms with Gasteiger partial charge in [0.1, 0.15) is 31.0 Å². The molecule has 0 aliphatic heterocycles. The predicted molar refractivity (Wildman–Crippen MR) is 138 cm³/mol. The molecule has 0 aliphatic rings. The van der Waals surface area contributed by atoms with Crippen molar-refractivity contribution in [3.8, 4) is 11.5 Å². The van der Waals surface area contributed by atoms with E-state index in [1.54, 1.807) is 26.8 Å². The van der Waals surface area contributed by atoms with Crippen LogP contribution in [0.1, 0.15) is 79.2 Å². The van der Waals surface area contributed by atoms with Crippen molar-refractivity contribution < 1.29 is 47.6 Å². The third kappa shape index (κ3) is 12.8. The fourth-order valence-corrected chi connectivity index (χ4v) is 2.85. The van der Waals surface area contributed by atoms with Crippen LogP contribution in [0, 0.1) is 0 Å². The van der Waals surface area contributed by atoms with Crippen LogP contribution in [-0.2, 0) is 35.0 Å². The number of hydrogen-bond donors (Lipinski definition) is 1. The van der Waals surface area contributed by atoms with Crippen LogP contribution >= 0.6 is 0 Å². The second-order valence-corrected chi connectivity index (χ2v) is 9.00. The van der Waals surface area contributed by atoms with Crippen molar-refractivity contribution in [1.29, 1.82) is 0 Å². The molecule has 0 heterocycles. The third-order valence-electron chi connectivity index (χ3n) is 5.43. The van der Waals surface area contributed by atoms with Gasteiger partial charge in [-0.1, -0.05) is 33.3 Å². The second kappa shape index (κ2) is 17.2. The lowest BCUT2D eigenvalue weighted by atomic mass is 10.1. The Morgan fingerprint density at radius 1 is 0.816 bits per heavy atom. The van der Waals surface area contributed by atoms with E-state index in [2.05, 4.69) is 0 Å². The first-order chi connectivity index (χ1) is 18.0. The topological polar surface area (TPSA) is 150 Å². The molecular formula is C27H41NO10. The fourth-order valence-electron chi connectivity index (χ4n) is 2.85. The quantitative estimate of drug-likeness (QED) is 0.185. The first-order valence-corrected chi connectivity index (χ1v) is 13.0. The molecule has 0 fully saturated rings. The molecule has 0 aliphatic carbocycles. The fraction of sp³-hybridized carbons (Fsp3) is 0.630. The van der Waals surface area contributed by atoms with E-state index in [1.165, 1.54) is 12.1 Å². The lowest BCUT2D eigenvalue weighted by Crippen LogP contribution is -2.36. The van der Waals surface area contributed by atoms with Gasteiger partial charge in [-0.05, 0) is 64.2 Å². The maximum Gasteiger partial charge on any atom is 0.514 e. The van der Waals surface area contributed by atoms with E-state index < -0.39 is 30.4 Å². The summed E-state index contributed by atoms with van der Waals surface area (Å²) in [5.41, 5.74) is 6.51. The molecule has 1 rings (SSSR count). The molecule has 214 valence electrons. The molecule has 11 heteroatoms. The lowest BCUT2D eigenvalue weighted by Gasteiger charge is -2.17. The summed E-state index contributed by atoms with van der Waals surface area (Å²) in [6.07, 6.45) is -0.223. The van der Waals surface area contributed by atoms with Crippen LogP contribution in [0.25, 0.3) is 0 Å². The van der Waals surface area contributed by atoms with Crippen molar-refractivity contribution in [3.63, 3.8) is 0 Å². The zero-order valence-electron chi connectivity index (χ0n) is 23.2. The van der Waals surface area contributed by atoms with Crippen LogP contribution in [0.4, 0.5) is 9.59 Å². The van der Waals surface area contributed by atoms with Gasteiger partial charge in [-0.25, -0.2) is 9.59 Å². The molecule has 38 heavy (non-hydrogen) atoms. The Kier molecular flexibility index (Phi) is 14.8. The zero-order chi connectivity index (χ0) is 28.7. The largest absolute Gasteiger partial charge is 0.514 e. The first kappa shape index (κ1) is 32.7. The summed E-state index contributed by atoms with van der Waals surface area (Å²) in [6, 6.07) is 3.31. The van der Waals surface area contributed by atoms with Crippen molar-refractivity contribution in [2.24, 2.45) is 5.73 Å². The van der Waals surface area contributed by atoms with Crippen molar-refractivity contribution in [2.75, 3.05) is 6.61 Å². The highest BCUT2D eigenvalue weighted by atomic mass is 16.7. The predicted octanol–water partition coefficient (Wildman–Crippen LogP) is 4.85. The van der Waals surface area contributed by atoms with Gasteiger partial charge in [0.05, 0.1) is 0 Å². The van der Waals surface area contributed by atoms with Crippen LogP contribution in [0.15, 0.2) is 18.2 Å². The average Bonchev–Trinajstić information content (AvgIpc) is 2.86. The number of carbonyl (C=O) groups is 4. The van der Waals surface area contributed by atoms with Crippen molar-refractivity contribution in [2.45, 2.75) is 104 Å². The monoisotopic (exact) mass is 539 g/mol. The minimum atomic E-state index is -1.06. The summed E-state index contributed by atoms with van der Waals surface area (Å²) in [4.78, 5) is 48.4. The Hall–Kier alpha value is -3.34. The van der Waals surface area contributed by atoms with Crippen LogP contribution in [0.5, 0.6) is 11.5 Å². The Morgan fingerprint density at radius 2 is 1.39 bits per heavy atom. The van der Waals surface area contributed by atoms with E-state index in [9.17, 15) is 19.2 Å². The molecule has 11 nitrogen and oxygen atoms in total. The second-order valence-electron chi connectivity index (χ2n) is 9.00. The summed E-state index contributed by atoms with van der Waals surface area (Å²) in [7, 11) is 0. The molecular weight excluding hydrogens is 498 g/mol. The smallest absolute Gasteiger partial charge is 0.461 e. The SMILES string of the molecule is CCCCC(=O)O[C@@H](C)COC(=O)[C@@H](N)Cc1ccc(OC(=O)OC(C)CC)c(OC(=O)OC(C)CC)c1. The van der Waals surface area contributed by atoms with Crippen molar-refractivity contribution in [3.05, 3.63) is 23.8 Å². The summed E-state index contributed by atoms with van der Waals surface area (Å²) in [5.74, 6) is -1.23. The molecule has 0 saturated carbocycles. The highest BCUT2D eigenvalue weighted by Gasteiger charge is 2.22.